The Morgan fingerprint density at radius 3 is 1.83 bits per heavy atom. The molecule has 0 saturated carbocycles. The van der Waals surface area contributed by atoms with Crippen molar-refractivity contribution >= 4 is 11.9 Å². The van der Waals surface area contributed by atoms with Gasteiger partial charge in [0.2, 0.25) is 0 Å². The maximum Gasteiger partial charge on any atom is 0.324 e. The van der Waals surface area contributed by atoms with Crippen LogP contribution in [0.5, 0.6) is 0 Å². The van der Waals surface area contributed by atoms with E-state index in [-0.39, 0.29) is 13.2 Å². The second-order valence-corrected chi connectivity index (χ2v) is 3.85. The Morgan fingerprint density at radius 1 is 1.00 bits per heavy atom. The van der Waals surface area contributed by atoms with E-state index >= 15 is 0 Å². The van der Waals surface area contributed by atoms with Crippen molar-refractivity contribution in [2.45, 2.75) is 26.7 Å². The van der Waals surface area contributed by atoms with E-state index in [0.29, 0.717) is 5.56 Å². The maximum atomic E-state index is 11.8. The van der Waals surface area contributed by atoms with Crippen molar-refractivity contribution in [1.82, 2.24) is 0 Å². The van der Waals surface area contributed by atoms with Crippen LogP contribution in [0.15, 0.2) is 24.3 Å². The third-order valence-corrected chi connectivity index (χ3v) is 2.46. The van der Waals surface area contributed by atoms with Gasteiger partial charge in [-0.15, -0.1) is 0 Å². The van der Waals surface area contributed by atoms with E-state index in [2.05, 4.69) is 0 Å². The Morgan fingerprint density at radius 2 is 1.44 bits per heavy atom. The topological polar surface area (TPSA) is 52.6 Å². The fourth-order valence-corrected chi connectivity index (χ4v) is 1.58. The predicted octanol–water partition coefficient (Wildman–Crippen LogP) is 2.20. The molecule has 1 rings (SSSR count). The number of hydrogen-bond donors (Lipinski definition) is 0. The van der Waals surface area contributed by atoms with Crippen LogP contribution in [0.3, 0.4) is 0 Å². The van der Waals surface area contributed by atoms with E-state index in [0.717, 1.165) is 5.56 Å². The lowest BCUT2D eigenvalue weighted by molar-refractivity contribution is -0.156. The summed E-state index contributed by atoms with van der Waals surface area (Å²) in [6.07, 6.45) is 0. The number of esters is 2. The van der Waals surface area contributed by atoms with Gasteiger partial charge in [-0.1, -0.05) is 29.8 Å². The van der Waals surface area contributed by atoms with Gasteiger partial charge in [0.1, 0.15) is 0 Å². The summed E-state index contributed by atoms with van der Waals surface area (Å²) in [5, 5.41) is 0. The summed E-state index contributed by atoms with van der Waals surface area (Å²) in [5.74, 6) is -2.13. The summed E-state index contributed by atoms with van der Waals surface area (Å²) in [5.41, 5.74) is 1.66. The quantitative estimate of drug-likeness (QED) is 0.594. The SMILES string of the molecule is CCOC(=O)C(C(=O)OCC)c1ccc(C)cc1. The molecule has 0 aliphatic rings. The van der Waals surface area contributed by atoms with Crippen molar-refractivity contribution in [2.24, 2.45) is 0 Å². The molecular weight excluding hydrogens is 232 g/mol. The summed E-state index contributed by atoms with van der Waals surface area (Å²) < 4.78 is 9.83. The molecule has 0 spiro atoms. The van der Waals surface area contributed by atoms with Crippen LogP contribution >= 0.6 is 0 Å². The molecular formula is C14H18O4. The second-order valence-electron chi connectivity index (χ2n) is 3.85. The normalized spacial score (nSPS) is 10.2. The fourth-order valence-electron chi connectivity index (χ4n) is 1.58. The Labute approximate surface area is 107 Å². The molecule has 0 amide bonds. The van der Waals surface area contributed by atoms with Crippen LogP contribution in [0.2, 0.25) is 0 Å². The van der Waals surface area contributed by atoms with Crippen molar-refractivity contribution in [3.63, 3.8) is 0 Å². The molecule has 18 heavy (non-hydrogen) atoms. The number of ether oxygens (including phenoxy) is 2. The molecule has 0 unspecified atom stereocenters. The summed E-state index contributed by atoms with van der Waals surface area (Å²) in [4.78, 5) is 23.6. The molecule has 0 aromatic heterocycles. The zero-order valence-corrected chi connectivity index (χ0v) is 10.9. The largest absolute Gasteiger partial charge is 0.465 e. The minimum atomic E-state index is -0.995. The molecule has 0 aliphatic carbocycles. The highest BCUT2D eigenvalue weighted by Crippen LogP contribution is 2.20. The van der Waals surface area contributed by atoms with Gasteiger partial charge in [0.05, 0.1) is 13.2 Å². The van der Waals surface area contributed by atoms with Crippen LogP contribution in [0, 0.1) is 6.92 Å². The molecule has 0 atom stereocenters. The molecule has 1 aromatic rings. The van der Waals surface area contributed by atoms with E-state index in [1.165, 1.54) is 0 Å². The molecule has 0 saturated heterocycles. The molecule has 0 aliphatic heterocycles. The summed E-state index contributed by atoms with van der Waals surface area (Å²) in [7, 11) is 0. The number of carbonyl (C=O) groups excluding carboxylic acids is 2. The van der Waals surface area contributed by atoms with Crippen molar-refractivity contribution in [1.29, 1.82) is 0 Å². The highest BCUT2D eigenvalue weighted by Gasteiger charge is 2.31. The summed E-state index contributed by atoms with van der Waals surface area (Å²) in [6, 6.07) is 7.18. The number of carbonyl (C=O) groups is 2. The molecule has 0 N–H and O–H groups in total. The minimum absolute atomic E-state index is 0.237. The summed E-state index contributed by atoms with van der Waals surface area (Å²) >= 11 is 0. The molecule has 0 bridgehead atoms. The average molecular weight is 250 g/mol. The zero-order valence-electron chi connectivity index (χ0n) is 10.9. The van der Waals surface area contributed by atoms with Gasteiger partial charge in [0.25, 0.3) is 0 Å². The summed E-state index contributed by atoms with van der Waals surface area (Å²) in [6.45, 7) is 5.82. The van der Waals surface area contributed by atoms with E-state index in [1.54, 1.807) is 26.0 Å². The maximum absolute atomic E-state index is 11.8. The first-order chi connectivity index (χ1) is 8.60. The van der Waals surface area contributed by atoms with Gasteiger partial charge >= 0.3 is 11.9 Å². The Balaban J connectivity index is 2.99. The molecule has 0 radical (unpaired) electrons. The van der Waals surface area contributed by atoms with Gasteiger partial charge in [-0.2, -0.15) is 0 Å². The van der Waals surface area contributed by atoms with Crippen LogP contribution in [-0.4, -0.2) is 25.2 Å². The lowest BCUT2D eigenvalue weighted by Gasteiger charge is -2.14. The first kappa shape index (κ1) is 14.2. The van der Waals surface area contributed by atoms with Gasteiger partial charge in [-0.05, 0) is 26.3 Å². The van der Waals surface area contributed by atoms with Gasteiger partial charge in [-0.3, -0.25) is 9.59 Å². The Bertz CT molecular complexity index is 390. The van der Waals surface area contributed by atoms with Crippen LogP contribution < -0.4 is 0 Å². The smallest absolute Gasteiger partial charge is 0.324 e. The average Bonchev–Trinajstić information content (AvgIpc) is 2.33. The third kappa shape index (κ3) is 3.58. The second kappa shape index (κ2) is 6.79. The lowest BCUT2D eigenvalue weighted by Crippen LogP contribution is -2.26. The first-order valence-electron chi connectivity index (χ1n) is 6.00. The van der Waals surface area contributed by atoms with Crippen molar-refractivity contribution < 1.29 is 19.1 Å². The van der Waals surface area contributed by atoms with Gasteiger partial charge < -0.3 is 9.47 Å². The van der Waals surface area contributed by atoms with Crippen LogP contribution in [-0.2, 0) is 19.1 Å². The molecule has 0 heterocycles. The Kier molecular flexibility index (Phi) is 5.36. The van der Waals surface area contributed by atoms with E-state index in [4.69, 9.17) is 9.47 Å². The highest BCUT2D eigenvalue weighted by atomic mass is 16.6. The Hall–Kier alpha value is -1.84. The molecule has 0 fully saturated rings. The van der Waals surface area contributed by atoms with Crippen molar-refractivity contribution in [2.75, 3.05) is 13.2 Å². The van der Waals surface area contributed by atoms with E-state index in [9.17, 15) is 9.59 Å². The zero-order chi connectivity index (χ0) is 13.5. The fraction of sp³-hybridized carbons (Fsp3) is 0.429. The number of benzene rings is 1. The predicted molar refractivity (Wildman–Crippen MR) is 67.2 cm³/mol. The lowest BCUT2D eigenvalue weighted by atomic mass is 9.98. The molecule has 98 valence electrons. The third-order valence-electron chi connectivity index (χ3n) is 2.46. The van der Waals surface area contributed by atoms with Crippen LogP contribution in [0.1, 0.15) is 30.9 Å². The highest BCUT2D eigenvalue weighted by molar-refractivity contribution is 6.00. The van der Waals surface area contributed by atoms with Gasteiger partial charge in [0, 0.05) is 0 Å². The number of aryl methyl sites for hydroxylation is 1. The van der Waals surface area contributed by atoms with Crippen molar-refractivity contribution in [3.05, 3.63) is 35.4 Å². The molecule has 4 nitrogen and oxygen atoms in total. The van der Waals surface area contributed by atoms with Crippen LogP contribution in [0.4, 0.5) is 0 Å². The van der Waals surface area contributed by atoms with E-state index in [1.807, 2.05) is 19.1 Å². The monoisotopic (exact) mass is 250 g/mol. The molecule has 1 aromatic carbocycles. The van der Waals surface area contributed by atoms with Gasteiger partial charge in [0.15, 0.2) is 5.92 Å². The molecule has 4 heteroatoms. The van der Waals surface area contributed by atoms with Gasteiger partial charge in [-0.25, -0.2) is 0 Å². The number of hydrogen-bond acceptors (Lipinski definition) is 4. The first-order valence-corrected chi connectivity index (χ1v) is 6.00. The van der Waals surface area contributed by atoms with Crippen molar-refractivity contribution in [3.8, 4) is 0 Å². The minimum Gasteiger partial charge on any atom is -0.465 e. The van der Waals surface area contributed by atoms with Crippen LogP contribution in [0.25, 0.3) is 0 Å². The number of rotatable bonds is 5. The van der Waals surface area contributed by atoms with E-state index < -0.39 is 17.9 Å². The standard InChI is InChI=1S/C14H18O4/c1-4-17-13(15)12(14(16)18-5-2)11-8-6-10(3)7-9-11/h6-9,12H,4-5H2,1-3H3.